The van der Waals surface area contributed by atoms with E-state index in [-0.39, 0.29) is 18.6 Å². The molecule has 0 heterocycles. The Morgan fingerprint density at radius 1 is 0.500 bits per heavy atom. The van der Waals surface area contributed by atoms with E-state index in [1.54, 1.807) is 7.05 Å². The van der Waals surface area contributed by atoms with Crippen molar-refractivity contribution in [3.05, 3.63) is 59.7 Å². The molecule has 1 aliphatic rings. The maximum absolute atomic E-state index is 12.3. The molecule has 0 aromatic heterocycles. The largest absolute Gasteiger partial charge is 0.449 e. The second-order valence-corrected chi connectivity index (χ2v) is 14.9. The minimum atomic E-state index is -0.517. The summed E-state index contributed by atoms with van der Waals surface area (Å²) in [4.78, 5) is 25.6. The molecule has 62 heavy (non-hydrogen) atoms. The van der Waals surface area contributed by atoms with E-state index in [1.807, 2.05) is 45.0 Å². The summed E-state index contributed by atoms with van der Waals surface area (Å²) in [7, 11) is 1.68. The molecule has 17 heteroatoms. The highest BCUT2D eigenvalue weighted by molar-refractivity contribution is 5.79. The molecule has 3 rings (SSSR count). The molecule has 0 saturated carbocycles. The Morgan fingerprint density at radius 3 is 1.18 bits per heavy atom. The SMILES string of the molecule is CN(CCOCCOCCOCCOCCOCCOCCOCCOCCOCCOCCOCCNC(=O)OCC1c2ccccc2-c2ccccc21)C(=O)OC(C)(C)C. The van der Waals surface area contributed by atoms with Crippen LogP contribution in [-0.4, -0.2) is 195 Å². The van der Waals surface area contributed by atoms with Gasteiger partial charge in [0.25, 0.3) is 0 Å². The van der Waals surface area contributed by atoms with E-state index in [0.717, 1.165) is 0 Å². The molecule has 0 spiro atoms. The lowest BCUT2D eigenvalue weighted by molar-refractivity contribution is -0.0276. The van der Waals surface area contributed by atoms with Crippen LogP contribution < -0.4 is 5.32 Å². The molecule has 17 nitrogen and oxygen atoms in total. The van der Waals surface area contributed by atoms with Crippen molar-refractivity contribution >= 4 is 12.2 Å². The van der Waals surface area contributed by atoms with E-state index in [4.69, 9.17) is 61.6 Å². The highest BCUT2D eigenvalue weighted by Crippen LogP contribution is 2.44. The van der Waals surface area contributed by atoms with Crippen molar-refractivity contribution in [2.75, 3.05) is 172 Å². The number of nitrogens with zero attached hydrogens (tertiary/aromatic N) is 1. The fraction of sp³-hybridized carbons (Fsp3) is 0.689. The molecule has 1 aliphatic carbocycles. The molecule has 2 aromatic carbocycles. The van der Waals surface area contributed by atoms with Crippen molar-refractivity contribution in [2.45, 2.75) is 32.3 Å². The number of fused-ring (bicyclic) bond motifs is 3. The van der Waals surface area contributed by atoms with Crippen LogP contribution in [0.3, 0.4) is 0 Å². The van der Waals surface area contributed by atoms with Crippen LogP contribution in [0.15, 0.2) is 48.5 Å². The summed E-state index contributed by atoms with van der Waals surface area (Å²) >= 11 is 0. The van der Waals surface area contributed by atoms with Gasteiger partial charge in [0.15, 0.2) is 0 Å². The number of hydrogen-bond donors (Lipinski definition) is 1. The lowest BCUT2D eigenvalue weighted by Gasteiger charge is -2.24. The number of rotatable bonds is 38. The van der Waals surface area contributed by atoms with Gasteiger partial charge in [-0.15, -0.1) is 0 Å². The van der Waals surface area contributed by atoms with Crippen LogP contribution in [0.25, 0.3) is 11.1 Å². The smallest absolute Gasteiger partial charge is 0.410 e. The van der Waals surface area contributed by atoms with Crippen molar-refractivity contribution in [3.8, 4) is 11.1 Å². The number of likely N-dealkylation sites (N-methyl/N-ethyl adjacent to an activating group) is 1. The molecule has 2 amide bonds. The topological polar surface area (TPSA) is 169 Å². The van der Waals surface area contributed by atoms with E-state index in [1.165, 1.54) is 27.2 Å². The van der Waals surface area contributed by atoms with Gasteiger partial charge in [-0.2, -0.15) is 0 Å². The van der Waals surface area contributed by atoms with Crippen LogP contribution >= 0.6 is 0 Å². The minimum absolute atomic E-state index is 0.0316. The molecule has 0 unspecified atom stereocenters. The molecule has 0 radical (unpaired) electrons. The van der Waals surface area contributed by atoms with Crippen molar-refractivity contribution in [3.63, 3.8) is 0 Å². The number of amides is 2. The van der Waals surface area contributed by atoms with E-state index >= 15 is 0 Å². The van der Waals surface area contributed by atoms with Crippen LogP contribution in [0.4, 0.5) is 9.59 Å². The van der Waals surface area contributed by atoms with Crippen molar-refractivity contribution in [1.82, 2.24) is 10.2 Å². The molecule has 1 N–H and O–H groups in total. The highest BCUT2D eigenvalue weighted by atomic mass is 16.6. The highest BCUT2D eigenvalue weighted by Gasteiger charge is 2.29. The summed E-state index contributed by atoms with van der Waals surface area (Å²) in [6.07, 6.45) is -0.825. The van der Waals surface area contributed by atoms with Gasteiger partial charge in [0.2, 0.25) is 0 Å². The number of hydrogen-bond acceptors (Lipinski definition) is 15. The first kappa shape index (κ1) is 52.9. The number of benzene rings is 2. The summed E-state index contributed by atoms with van der Waals surface area (Å²) in [5.41, 5.74) is 4.24. The summed E-state index contributed by atoms with van der Waals surface area (Å²) in [5, 5.41) is 2.74. The Balaban J connectivity index is 0.929. The third-order valence-corrected chi connectivity index (χ3v) is 8.86. The van der Waals surface area contributed by atoms with Gasteiger partial charge in [-0.3, -0.25) is 0 Å². The van der Waals surface area contributed by atoms with Crippen LogP contribution in [-0.2, 0) is 61.6 Å². The maximum Gasteiger partial charge on any atom is 0.410 e. The van der Waals surface area contributed by atoms with Crippen LogP contribution in [0.1, 0.15) is 37.8 Å². The second kappa shape index (κ2) is 34.0. The molecule has 0 aliphatic heterocycles. The normalized spacial score (nSPS) is 12.3. The number of carbonyl (C=O) groups is 2. The predicted molar refractivity (Wildman–Crippen MR) is 231 cm³/mol. The molecule has 352 valence electrons. The van der Waals surface area contributed by atoms with E-state index < -0.39 is 11.7 Å². The predicted octanol–water partition coefficient (Wildman–Crippen LogP) is 4.57. The zero-order valence-corrected chi connectivity index (χ0v) is 37.4. The first-order valence-electron chi connectivity index (χ1n) is 21.6. The molecule has 0 saturated heterocycles. The van der Waals surface area contributed by atoms with Gasteiger partial charge in [0, 0.05) is 26.1 Å². The fourth-order valence-corrected chi connectivity index (χ4v) is 5.81. The molecule has 0 fully saturated rings. The van der Waals surface area contributed by atoms with Crippen LogP contribution in [0.5, 0.6) is 0 Å². The number of carbonyl (C=O) groups excluding carboxylic acids is 2. The Morgan fingerprint density at radius 2 is 0.823 bits per heavy atom. The first-order chi connectivity index (χ1) is 30.3. The minimum Gasteiger partial charge on any atom is -0.449 e. The second-order valence-electron chi connectivity index (χ2n) is 14.9. The summed E-state index contributed by atoms with van der Waals surface area (Å²) in [6, 6.07) is 16.5. The lowest BCUT2D eigenvalue weighted by Crippen LogP contribution is -2.36. The average Bonchev–Trinajstić information content (AvgIpc) is 3.58. The van der Waals surface area contributed by atoms with Gasteiger partial charge in [-0.05, 0) is 43.0 Å². The van der Waals surface area contributed by atoms with Crippen molar-refractivity contribution in [1.29, 1.82) is 0 Å². The maximum atomic E-state index is 12.3. The molecular weight excluding hydrogens is 808 g/mol. The van der Waals surface area contributed by atoms with Gasteiger partial charge in [-0.1, -0.05) is 48.5 Å². The average molecular weight is 881 g/mol. The van der Waals surface area contributed by atoms with Gasteiger partial charge in [0.1, 0.15) is 12.2 Å². The summed E-state index contributed by atoms with van der Waals surface area (Å²) in [5.74, 6) is 0.0316. The Labute approximate surface area is 368 Å². The molecular formula is C45H72N2O15. The number of nitrogens with one attached hydrogen (secondary N) is 1. The van der Waals surface area contributed by atoms with E-state index in [2.05, 4.69) is 29.6 Å². The third-order valence-electron chi connectivity index (χ3n) is 8.86. The Hall–Kier alpha value is -3.46. The van der Waals surface area contributed by atoms with Crippen molar-refractivity contribution in [2.24, 2.45) is 0 Å². The Bertz CT molecular complexity index is 1400. The number of ether oxygens (including phenoxy) is 13. The van der Waals surface area contributed by atoms with E-state index in [9.17, 15) is 9.59 Å². The number of alkyl carbamates (subject to hydrolysis) is 1. The third kappa shape index (κ3) is 25.0. The quantitative estimate of drug-likeness (QED) is 0.0931. The zero-order chi connectivity index (χ0) is 44.4. The van der Waals surface area contributed by atoms with Crippen LogP contribution in [0.2, 0.25) is 0 Å². The monoisotopic (exact) mass is 880 g/mol. The lowest BCUT2D eigenvalue weighted by atomic mass is 9.98. The first-order valence-corrected chi connectivity index (χ1v) is 21.6. The van der Waals surface area contributed by atoms with Crippen molar-refractivity contribution < 1.29 is 71.2 Å². The zero-order valence-electron chi connectivity index (χ0n) is 37.4. The van der Waals surface area contributed by atoms with E-state index in [0.29, 0.717) is 158 Å². The molecule has 2 aromatic rings. The molecule has 0 bridgehead atoms. The summed E-state index contributed by atoms with van der Waals surface area (Å²) in [6.45, 7) is 16.7. The standard InChI is InChI=1S/C45H72N2O15/c1-45(2,3)62-44(49)47(4)14-16-51-18-20-53-22-24-55-26-28-57-30-32-59-34-36-60-35-33-58-31-29-56-27-25-54-23-21-52-19-17-50-15-13-46-43(48)61-37-42-40-11-7-5-9-38(40)39-10-6-8-12-41(39)42/h5-12,42H,13-37H2,1-4H3,(H,46,48). The van der Waals surface area contributed by atoms with Gasteiger partial charge >= 0.3 is 12.2 Å². The summed E-state index contributed by atoms with van der Waals surface area (Å²) < 4.78 is 71.4. The van der Waals surface area contributed by atoms with Gasteiger partial charge in [0.05, 0.1) is 145 Å². The Kier molecular flexibility index (Phi) is 29.0. The fourth-order valence-electron chi connectivity index (χ4n) is 5.81. The van der Waals surface area contributed by atoms with Gasteiger partial charge in [-0.25, -0.2) is 9.59 Å². The van der Waals surface area contributed by atoms with Gasteiger partial charge < -0.3 is 71.8 Å². The molecule has 0 atom stereocenters. The van der Waals surface area contributed by atoms with Crippen LogP contribution in [0, 0.1) is 0 Å².